The van der Waals surface area contributed by atoms with Crippen molar-refractivity contribution in [3.63, 3.8) is 0 Å². The summed E-state index contributed by atoms with van der Waals surface area (Å²) in [6.45, 7) is 5.38. The Morgan fingerprint density at radius 3 is 2.39 bits per heavy atom. The fraction of sp³-hybridized carbons (Fsp3) is 0.208. The molecule has 0 saturated carbocycles. The van der Waals surface area contributed by atoms with Crippen LogP contribution in [0.4, 0.5) is 5.69 Å². The van der Waals surface area contributed by atoms with E-state index in [4.69, 9.17) is 9.47 Å². The van der Waals surface area contributed by atoms with Crippen molar-refractivity contribution in [3.05, 3.63) is 95.1 Å². The van der Waals surface area contributed by atoms with E-state index in [-0.39, 0.29) is 5.91 Å². The third kappa shape index (κ3) is 5.44. The average molecular weight is 375 g/mol. The molecule has 0 spiro atoms. The number of hydrogen-bond acceptors (Lipinski definition) is 3. The highest BCUT2D eigenvalue weighted by atomic mass is 16.5. The molecule has 1 amide bonds. The van der Waals surface area contributed by atoms with Crippen molar-refractivity contribution in [1.29, 1.82) is 0 Å². The molecule has 4 nitrogen and oxygen atoms in total. The van der Waals surface area contributed by atoms with Crippen molar-refractivity contribution in [2.75, 3.05) is 11.9 Å². The van der Waals surface area contributed by atoms with Crippen LogP contribution in [0.2, 0.25) is 0 Å². The predicted octanol–water partition coefficient (Wildman–Crippen LogP) is 5.36. The van der Waals surface area contributed by atoms with Crippen LogP contribution in [0.1, 0.15) is 34.0 Å². The van der Waals surface area contributed by atoms with Gasteiger partial charge in [0.1, 0.15) is 5.75 Å². The molecule has 0 unspecified atom stereocenters. The van der Waals surface area contributed by atoms with E-state index in [0.29, 0.717) is 25.4 Å². The first kappa shape index (κ1) is 19.6. The van der Waals surface area contributed by atoms with E-state index < -0.39 is 0 Å². The first-order valence-corrected chi connectivity index (χ1v) is 9.41. The topological polar surface area (TPSA) is 47.6 Å². The monoisotopic (exact) mass is 375 g/mol. The molecular formula is C24H25NO3. The minimum absolute atomic E-state index is 0.156. The molecule has 0 bridgehead atoms. The number of anilines is 1. The molecule has 0 fully saturated rings. The molecule has 28 heavy (non-hydrogen) atoms. The number of carbonyl (C=O) groups is 1. The molecule has 0 aliphatic carbocycles. The maximum Gasteiger partial charge on any atom is 0.255 e. The molecule has 0 saturated heterocycles. The van der Waals surface area contributed by atoms with Gasteiger partial charge in [0.25, 0.3) is 5.91 Å². The fourth-order valence-electron chi connectivity index (χ4n) is 2.82. The summed E-state index contributed by atoms with van der Waals surface area (Å²) in [5.41, 5.74) is 4.45. The molecule has 3 rings (SSSR count). The highest BCUT2D eigenvalue weighted by molar-refractivity contribution is 6.04. The summed E-state index contributed by atoms with van der Waals surface area (Å²) in [4.78, 5) is 12.6. The summed E-state index contributed by atoms with van der Waals surface area (Å²) < 4.78 is 11.5. The summed E-state index contributed by atoms with van der Waals surface area (Å²) in [5, 5.41) is 2.93. The number of amides is 1. The van der Waals surface area contributed by atoms with Crippen molar-refractivity contribution >= 4 is 11.6 Å². The van der Waals surface area contributed by atoms with Gasteiger partial charge in [0, 0.05) is 16.8 Å². The second-order valence-electron chi connectivity index (χ2n) is 6.55. The highest BCUT2D eigenvalue weighted by Crippen LogP contribution is 2.23. The zero-order valence-electron chi connectivity index (χ0n) is 16.3. The number of ether oxygens (including phenoxy) is 2. The van der Waals surface area contributed by atoms with Gasteiger partial charge >= 0.3 is 0 Å². The van der Waals surface area contributed by atoms with E-state index in [1.807, 2.05) is 80.6 Å². The predicted molar refractivity (Wildman–Crippen MR) is 112 cm³/mol. The van der Waals surface area contributed by atoms with Gasteiger partial charge in [0.05, 0.1) is 19.8 Å². The Balaban J connectivity index is 1.70. The van der Waals surface area contributed by atoms with Gasteiger partial charge in [-0.2, -0.15) is 0 Å². The van der Waals surface area contributed by atoms with E-state index in [1.54, 1.807) is 6.07 Å². The lowest BCUT2D eigenvalue weighted by atomic mass is 10.1. The van der Waals surface area contributed by atoms with Crippen LogP contribution in [0.3, 0.4) is 0 Å². The largest absolute Gasteiger partial charge is 0.494 e. The van der Waals surface area contributed by atoms with Gasteiger partial charge in [-0.1, -0.05) is 48.0 Å². The third-order valence-corrected chi connectivity index (χ3v) is 4.30. The lowest BCUT2D eigenvalue weighted by Gasteiger charge is -2.13. The maximum atomic E-state index is 12.6. The molecule has 3 aromatic carbocycles. The molecule has 0 aliphatic rings. The van der Waals surface area contributed by atoms with Gasteiger partial charge in [-0.15, -0.1) is 0 Å². The van der Waals surface area contributed by atoms with Crippen molar-refractivity contribution in [1.82, 2.24) is 0 Å². The zero-order valence-corrected chi connectivity index (χ0v) is 16.3. The van der Waals surface area contributed by atoms with Crippen LogP contribution in [-0.4, -0.2) is 12.5 Å². The summed E-state index contributed by atoms with van der Waals surface area (Å²) in [6.07, 6.45) is 0. The van der Waals surface area contributed by atoms with Crippen LogP contribution in [-0.2, 0) is 18.0 Å². The standard InChI is InChI=1S/C24H25NO3/c1-3-28-23-14-11-20(24(26)25-22-12-9-18(2)10-13-22)15-21(23)17-27-16-19-7-5-4-6-8-19/h4-15H,3,16-17H2,1-2H3,(H,25,26). The van der Waals surface area contributed by atoms with Gasteiger partial charge in [0.15, 0.2) is 0 Å². The molecule has 0 heterocycles. The Hall–Kier alpha value is -3.11. The number of carbonyl (C=O) groups excluding carboxylic acids is 1. The molecule has 3 aromatic rings. The summed E-state index contributed by atoms with van der Waals surface area (Å²) in [6, 6.07) is 23.2. The third-order valence-electron chi connectivity index (χ3n) is 4.30. The molecular weight excluding hydrogens is 350 g/mol. The summed E-state index contributed by atoms with van der Waals surface area (Å²) >= 11 is 0. The molecule has 1 N–H and O–H groups in total. The van der Waals surface area contributed by atoms with Crippen LogP contribution in [0, 0.1) is 6.92 Å². The second kappa shape index (κ2) is 9.72. The van der Waals surface area contributed by atoms with Crippen LogP contribution in [0.15, 0.2) is 72.8 Å². The van der Waals surface area contributed by atoms with E-state index in [0.717, 1.165) is 28.1 Å². The highest BCUT2D eigenvalue weighted by Gasteiger charge is 2.11. The quantitative estimate of drug-likeness (QED) is 0.576. The van der Waals surface area contributed by atoms with Crippen molar-refractivity contribution in [2.24, 2.45) is 0 Å². The average Bonchev–Trinajstić information content (AvgIpc) is 2.72. The summed E-state index contributed by atoms with van der Waals surface area (Å²) in [7, 11) is 0. The van der Waals surface area contributed by atoms with E-state index in [1.165, 1.54) is 0 Å². The molecule has 144 valence electrons. The van der Waals surface area contributed by atoms with Crippen LogP contribution in [0.25, 0.3) is 0 Å². The Kier molecular flexibility index (Phi) is 6.82. The molecule has 0 aliphatic heterocycles. The van der Waals surface area contributed by atoms with Gasteiger partial charge in [-0.3, -0.25) is 4.79 Å². The number of hydrogen-bond donors (Lipinski definition) is 1. The first-order chi connectivity index (χ1) is 13.7. The number of aryl methyl sites for hydroxylation is 1. The molecule has 0 atom stereocenters. The van der Waals surface area contributed by atoms with E-state index in [9.17, 15) is 4.79 Å². The fourth-order valence-corrected chi connectivity index (χ4v) is 2.82. The number of nitrogens with one attached hydrogen (secondary N) is 1. The van der Waals surface area contributed by atoms with Crippen molar-refractivity contribution in [2.45, 2.75) is 27.1 Å². The normalized spacial score (nSPS) is 10.5. The Labute approximate surface area is 166 Å². The Bertz CT molecular complexity index is 905. The van der Waals surface area contributed by atoms with Crippen LogP contribution < -0.4 is 10.1 Å². The number of benzene rings is 3. The number of rotatable bonds is 8. The molecule has 0 aromatic heterocycles. The van der Waals surface area contributed by atoms with Crippen LogP contribution in [0.5, 0.6) is 5.75 Å². The van der Waals surface area contributed by atoms with Gasteiger partial charge in [-0.05, 0) is 49.7 Å². The zero-order chi connectivity index (χ0) is 19.8. The van der Waals surface area contributed by atoms with Crippen LogP contribution >= 0.6 is 0 Å². The smallest absolute Gasteiger partial charge is 0.255 e. The summed E-state index contributed by atoms with van der Waals surface area (Å²) in [5.74, 6) is 0.582. The van der Waals surface area contributed by atoms with Gasteiger partial charge in [0.2, 0.25) is 0 Å². The Morgan fingerprint density at radius 1 is 0.929 bits per heavy atom. The van der Waals surface area contributed by atoms with Crippen molar-refractivity contribution in [3.8, 4) is 5.75 Å². The SMILES string of the molecule is CCOc1ccc(C(=O)Nc2ccc(C)cc2)cc1COCc1ccccc1. The van der Waals surface area contributed by atoms with E-state index in [2.05, 4.69) is 5.32 Å². The lowest BCUT2D eigenvalue weighted by molar-refractivity contribution is 0.101. The van der Waals surface area contributed by atoms with Crippen molar-refractivity contribution < 1.29 is 14.3 Å². The molecule has 4 heteroatoms. The second-order valence-corrected chi connectivity index (χ2v) is 6.55. The van der Waals surface area contributed by atoms with Gasteiger partial charge in [-0.25, -0.2) is 0 Å². The van der Waals surface area contributed by atoms with Gasteiger partial charge < -0.3 is 14.8 Å². The minimum Gasteiger partial charge on any atom is -0.494 e. The molecule has 0 radical (unpaired) electrons. The minimum atomic E-state index is -0.156. The van der Waals surface area contributed by atoms with E-state index >= 15 is 0 Å². The lowest BCUT2D eigenvalue weighted by Crippen LogP contribution is -2.12. The Morgan fingerprint density at radius 2 is 1.68 bits per heavy atom. The first-order valence-electron chi connectivity index (χ1n) is 9.41. The maximum absolute atomic E-state index is 12.6.